The lowest BCUT2D eigenvalue weighted by Gasteiger charge is -2.43. The van der Waals surface area contributed by atoms with Crippen molar-refractivity contribution >= 4 is 11.9 Å². The summed E-state index contributed by atoms with van der Waals surface area (Å²) in [6.45, 7) is 0.684. The largest absolute Gasteiger partial charge is 0.419 e. The lowest BCUT2D eigenvalue weighted by Crippen LogP contribution is -2.57. The van der Waals surface area contributed by atoms with Crippen LogP contribution in [-0.2, 0) is 13.2 Å². The van der Waals surface area contributed by atoms with Gasteiger partial charge in [0, 0.05) is 51.0 Å². The number of aromatic nitrogens is 6. The van der Waals surface area contributed by atoms with Crippen LogP contribution in [0.3, 0.4) is 0 Å². The van der Waals surface area contributed by atoms with Gasteiger partial charge in [0.15, 0.2) is 5.69 Å². The first-order valence-electron chi connectivity index (χ1n) is 10.6. The zero-order valence-corrected chi connectivity index (χ0v) is 18.7. The van der Waals surface area contributed by atoms with Crippen molar-refractivity contribution in [1.29, 1.82) is 0 Å². The molecule has 0 aliphatic carbocycles. The Balaban J connectivity index is 1.60. The molecule has 3 aromatic rings. The number of likely N-dealkylation sites (tertiary alicyclic amines) is 1. The first-order chi connectivity index (χ1) is 16.4. The number of anilines is 1. The molecule has 1 amide bonds. The van der Waals surface area contributed by atoms with Gasteiger partial charge < -0.3 is 10.2 Å². The van der Waals surface area contributed by atoms with E-state index in [1.165, 1.54) is 23.3 Å². The first-order valence-corrected chi connectivity index (χ1v) is 10.6. The minimum atomic E-state index is -4.59. The number of aryl methyl sites for hydroxylation is 1. The molecule has 35 heavy (non-hydrogen) atoms. The predicted octanol–water partition coefficient (Wildman–Crippen LogP) is 3.28. The second-order valence-corrected chi connectivity index (χ2v) is 8.37. The Morgan fingerprint density at radius 2 is 1.89 bits per heavy atom. The molecule has 1 aliphatic rings. The van der Waals surface area contributed by atoms with Crippen LogP contribution in [0.15, 0.2) is 37.2 Å². The number of piperidine rings is 1. The van der Waals surface area contributed by atoms with Gasteiger partial charge >= 0.3 is 6.18 Å². The van der Waals surface area contributed by atoms with Crippen molar-refractivity contribution in [3.8, 4) is 11.3 Å². The van der Waals surface area contributed by atoms with Gasteiger partial charge in [-0.2, -0.15) is 18.3 Å². The van der Waals surface area contributed by atoms with Crippen LogP contribution in [0.1, 0.15) is 29.4 Å². The summed E-state index contributed by atoms with van der Waals surface area (Å²) in [4.78, 5) is 30.0. The van der Waals surface area contributed by atoms with Crippen LogP contribution in [0.5, 0.6) is 0 Å². The second-order valence-electron chi connectivity index (χ2n) is 8.37. The molecule has 4 rings (SSSR count). The third-order valence-electron chi connectivity index (χ3n) is 5.66. The number of nitrogens with one attached hydrogen (secondary N) is 1. The topological polar surface area (TPSA) is 102 Å². The molecule has 0 aromatic carbocycles. The SMILES string of the molecule is CC1CC(F)(F)CN(C(=O)c2nn(C)cc2-c2cnccn2)[C@@H]1CNc1ncc(C(F)(F)F)cn1. The molecule has 1 N–H and O–H groups in total. The fourth-order valence-corrected chi connectivity index (χ4v) is 4.05. The number of amides is 1. The van der Waals surface area contributed by atoms with Gasteiger partial charge in [0.25, 0.3) is 11.8 Å². The molecule has 186 valence electrons. The zero-order chi connectivity index (χ0) is 25.4. The van der Waals surface area contributed by atoms with E-state index in [4.69, 9.17) is 0 Å². The molecule has 9 nitrogen and oxygen atoms in total. The minimum Gasteiger partial charge on any atom is -0.352 e. The first kappa shape index (κ1) is 24.4. The van der Waals surface area contributed by atoms with E-state index in [1.54, 1.807) is 20.2 Å². The maximum absolute atomic E-state index is 14.5. The summed E-state index contributed by atoms with van der Waals surface area (Å²) < 4.78 is 68.6. The van der Waals surface area contributed by atoms with Gasteiger partial charge in [0.1, 0.15) is 0 Å². The number of hydrogen-bond donors (Lipinski definition) is 1. The molecule has 14 heteroatoms. The fourth-order valence-electron chi connectivity index (χ4n) is 4.05. The summed E-state index contributed by atoms with van der Waals surface area (Å²) in [7, 11) is 1.59. The summed E-state index contributed by atoms with van der Waals surface area (Å²) in [5.41, 5.74) is -0.385. The lowest BCUT2D eigenvalue weighted by molar-refractivity contribution is -0.138. The Hall–Kier alpha value is -3.71. The molecule has 0 spiro atoms. The van der Waals surface area contributed by atoms with Gasteiger partial charge in [-0.25, -0.2) is 18.7 Å². The molecular formula is C21H21F5N8O. The number of carbonyl (C=O) groups excluding carboxylic acids is 1. The van der Waals surface area contributed by atoms with Gasteiger partial charge in [-0.1, -0.05) is 6.92 Å². The van der Waals surface area contributed by atoms with E-state index < -0.39 is 48.5 Å². The van der Waals surface area contributed by atoms with E-state index in [0.29, 0.717) is 23.7 Å². The molecule has 1 saturated heterocycles. The molecular weight excluding hydrogens is 475 g/mol. The van der Waals surface area contributed by atoms with E-state index in [-0.39, 0.29) is 18.2 Å². The number of alkyl halides is 5. The molecule has 0 bridgehead atoms. The quantitative estimate of drug-likeness (QED) is 0.541. The van der Waals surface area contributed by atoms with Crippen molar-refractivity contribution in [3.63, 3.8) is 0 Å². The van der Waals surface area contributed by atoms with E-state index in [0.717, 1.165) is 4.90 Å². The predicted molar refractivity (Wildman–Crippen MR) is 113 cm³/mol. The van der Waals surface area contributed by atoms with E-state index in [9.17, 15) is 26.7 Å². The molecule has 1 fully saturated rings. The molecule has 4 heterocycles. The highest BCUT2D eigenvalue weighted by Crippen LogP contribution is 2.36. The molecule has 0 saturated carbocycles. The average Bonchev–Trinajstić information content (AvgIpc) is 3.19. The third-order valence-corrected chi connectivity index (χ3v) is 5.66. The number of halogens is 5. The second kappa shape index (κ2) is 9.15. The van der Waals surface area contributed by atoms with Gasteiger partial charge in [-0.15, -0.1) is 0 Å². The summed E-state index contributed by atoms with van der Waals surface area (Å²) in [6, 6.07) is -0.732. The van der Waals surface area contributed by atoms with Crippen molar-refractivity contribution in [3.05, 3.63) is 48.4 Å². The Morgan fingerprint density at radius 1 is 1.17 bits per heavy atom. The summed E-state index contributed by atoms with van der Waals surface area (Å²) in [6.07, 6.45) is 2.07. The van der Waals surface area contributed by atoms with E-state index in [2.05, 4.69) is 30.4 Å². The van der Waals surface area contributed by atoms with Crippen molar-refractivity contribution in [2.45, 2.75) is 31.5 Å². The van der Waals surface area contributed by atoms with Crippen LogP contribution in [-0.4, -0.2) is 65.6 Å². The van der Waals surface area contributed by atoms with E-state index >= 15 is 0 Å². The molecule has 0 radical (unpaired) electrons. The minimum absolute atomic E-state index is 0.0539. The van der Waals surface area contributed by atoms with Gasteiger partial charge in [0.2, 0.25) is 5.95 Å². The maximum Gasteiger partial charge on any atom is 0.419 e. The number of rotatable bonds is 5. The van der Waals surface area contributed by atoms with Gasteiger partial charge in [-0.3, -0.25) is 19.4 Å². The fraction of sp³-hybridized carbons (Fsp3) is 0.429. The highest BCUT2D eigenvalue weighted by atomic mass is 19.4. The zero-order valence-electron chi connectivity index (χ0n) is 18.7. The maximum atomic E-state index is 14.5. The Morgan fingerprint density at radius 3 is 2.51 bits per heavy atom. The highest BCUT2D eigenvalue weighted by Gasteiger charge is 2.47. The monoisotopic (exact) mass is 496 g/mol. The summed E-state index contributed by atoms with van der Waals surface area (Å²) in [5, 5.41) is 6.94. The van der Waals surface area contributed by atoms with Crippen LogP contribution < -0.4 is 5.32 Å². The standard InChI is InChI=1S/C21H21F5N8O/c1-12-5-20(22,23)11-34(16(12)9-31-19-29-6-13(7-30-19)21(24,25)26)18(35)17-14(10-33(2)32-17)15-8-27-3-4-28-15/h3-4,6-8,10,12,16H,5,9,11H2,1-2H3,(H,29,30,31)/t12?,16-/m1/s1. The van der Waals surface area contributed by atoms with E-state index in [1.807, 2.05) is 0 Å². The Bertz CT molecular complexity index is 1180. The van der Waals surface area contributed by atoms with Gasteiger partial charge in [-0.05, 0) is 5.92 Å². The Labute approximate surface area is 196 Å². The van der Waals surface area contributed by atoms with Crippen LogP contribution in [0, 0.1) is 5.92 Å². The number of carbonyl (C=O) groups is 1. The Kier molecular flexibility index (Phi) is 6.38. The summed E-state index contributed by atoms with van der Waals surface area (Å²) >= 11 is 0. The van der Waals surface area contributed by atoms with Crippen LogP contribution in [0.25, 0.3) is 11.3 Å². The third kappa shape index (κ3) is 5.35. The molecule has 3 aromatic heterocycles. The highest BCUT2D eigenvalue weighted by molar-refractivity contribution is 5.98. The van der Waals surface area contributed by atoms with Crippen LogP contribution >= 0.6 is 0 Å². The molecule has 1 aliphatic heterocycles. The number of nitrogens with zero attached hydrogens (tertiary/aromatic N) is 7. The smallest absolute Gasteiger partial charge is 0.352 e. The molecule has 1 unspecified atom stereocenters. The van der Waals surface area contributed by atoms with Gasteiger partial charge in [0.05, 0.1) is 35.6 Å². The van der Waals surface area contributed by atoms with Crippen LogP contribution in [0.2, 0.25) is 0 Å². The van der Waals surface area contributed by atoms with Crippen molar-refractivity contribution < 1.29 is 26.7 Å². The average molecular weight is 496 g/mol. The number of hydrogen-bond acceptors (Lipinski definition) is 7. The van der Waals surface area contributed by atoms with Crippen molar-refractivity contribution in [1.82, 2.24) is 34.6 Å². The normalized spacial score (nSPS) is 20.0. The van der Waals surface area contributed by atoms with Crippen molar-refractivity contribution in [2.75, 3.05) is 18.4 Å². The summed E-state index contributed by atoms with van der Waals surface area (Å²) in [5.74, 6) is -4.61. The van der Waals surface area contributed by atoms with Crippen molar-refractivity contribution in [2.24, 2.45) is 13.0 Å². The lowest BCUT2D eigenvalue weighted by atomic mass is 9.88. The molecule has 2 atom stereocenters. The van der Waals surface area contributed by atoms with Crippen LogP contribution in [0.4, 0.5) is 27.9 Å².